The van der Waals surface area contributed by atoms with Crippen LogP contribution in [-0.2, 0) is 30.8 Å². The van der Waals surface area contributed by atoms with E-state index in [1.54, 1.807) is 69.3 Å². The number of nitrogens with zero attached hydrogens (tertiary/aromatic N) is 3. The van der Waals surface area contributed by atoms with Gasteiger partial charge in [-0.15, -0.1) is 0 Å². The second-order valence-electron chi connectivity index (χ2n) is 11.7. The van der Waals surface area contributed by atoms with Crippen LogP contribution in [0.3, 0.4) is 0 Å². The molecule has 0 bridgehead atoms. The van der Waals surface area contributed by atoms with Crippen molar-refractivity contribution in [2.75, 3.05) is 26.2 Å². The molecule has 0 atom stereocenters. The zero-order valence-corrected chi connectivity index (χ0v) is 28.3. The Kier molecular flexibility index (Phi) is 9.15. The fourth-order valence-corrected chi connectivity index (χ4v) is 7.73. The molecular formula is C32H32F2N4O7SSi. The van der Waals surface area contributed by atoms with Crippen molar-refractivity contribution >= 4 is 57.7 Å². The second-order valence-corrected chi connectivity index (χ2v) is 15.3. The van der Waals surface area contributed by atoms with Gasteiger partial charge in [-0.2, -0.15) is 0 Å². The summed E-state index contributed by atoms with van der Waals surface area (Å²) in [6.07, 6.45) is -0.868. The van der Waals surface area contributed by atoms with Gasteiger partial charge in [0.2, 0.25) is 9.84 Å². The standard InChI is InChI=1S/C32H32F2N4O7SSi/c1-32(2,3)45-31(39)38(4)23-15-22(33)26(34)24-25-28(35-27(23)24)36-30(47(42)17-19-9-13-21(44-6)14-10-19)37-29(25)46(40,41)16-18-7-11-20(43-5)12-8-18/h7-15H,16-17H2,1-6H3,(H,35,36,37). The van der Waals surface area contributed by atoms with E-state index < -0.39 is 58.0 Å². The fraction of sp³-hybridized carbons (Fsp3) is 0.281. The highest BCUT2D eigenvalue weighted by molar-refractivity contribution is 7.90. The molecule has 1 N–H and O–H groups in total. The number of hydrogen-bond donors (Lipinski definition) is 1. The van der Waals surface area contributed by atoms with Crippen LogP contribution >= 0.6 is 0 Å². The number of sulfone groups is 1. The normalized spacial score (nSPS) is 11.9. The van der Waals surface area contributed by atoms with Crippen LogP contribution in [0.4, 0.5) is 19.3 Å². The van der Waals surface area contributed by atoms with Crippen molar-refractivity contribution in [1.29, 1.82) is 0 Å². The van der Waals surface area contributed by atoms with Crippen LogP contribution in [0.25, 0.3) is 21.9 Å². The van der Waals surface area contributed by atoms with Gasteiger partial charge < -0.3 is 23.7 Å². The van der Waals surface area contributed by atoms with Gasteiger partial charge in [-0.1, -0.05) is 24.3 Å². The molecule has 246 valence electrons. The Hall–Kier alpha value is -4.76. The van der Waals surface area contributed by atoms with Gasteiger partial charge in [0.25, 0.3) is 0 Å². The molecule has 0 fully saturated rings. The van der Waals surface area contributed by atoms with Gasteiger partial charge >= 0.3 is 14.8 Å². The summed E-state index contributed by atoms with van der Waals surface area (Å²) < 4.78 is 88.4. The summed E-state index contributed by atoms with van der Waals surface area (Å²) in [6, 6.07) is 13.8. The van der Waals surface area contributed by atoms with Crippen molar-refractivity contribution in [3.8, 4) is 11.5 Å². The summed E-state index contributed by atoms with van der Waals surface area (Å²) in [4.78, 5) is 25.4. The average molecular weight is 683 g/mol. The number of rotatable bonds is 9. The fourth-order valence-electron chi connectivity index (χ4n) is 4.91. The van der Waals surface area contributed by atoms with E-state index in [2.05, 4.69) is 15.0 Å². The number of H-pyrrole nitrogens is 1. The maximum absolute atomic E-state index is 15.7. The number of carbonyl (C=O) groups is 1. The van der Waals surface area contributed by atoms with Crippen LogP contribution in [0.5, 0.6) is 11.5 Å². The molecule has 1 amide bonds. The monoisotopic (exact) mass is 682 g/mol. The number of aromatic amines is 1. The summed E-state index contributed by atoms with van der Waals surface area (Å²) in [7, 11) is -2.99. The van der Waals surface area contributed by atoms with E-state index >= 15 is 8.78 Å². The Bertz CT molecular complexity index is 2110. The summed E-state index contributed by atoms with van der Waals surface area (Å²) in [5.74, 6) is -2.20. The lowest BCUT2D eigenvalue weighted by Crippen LogP contribution is -2.34. The molecule has 3 aromatic carbocycles. The number of fused-ring (bicyclic) bond motifs is 3. The molecule has 0 aliphatic rings. The predicted octanol–water partition coefficient (Wildman–Crippen LogP) is 5.16. The molecule has 5 aromatic rings. The number of amides is 1. The molecular weight excluding hydrogens is 651 g/mol. The van der Waals surface area contributed by atoms with Crippen molar-refractivity contribution in [3.05, 3.63) is 77.4 Å². The molecule has 2 aromatic heterocycles. The van der Waals surface area contributed by atoms with Gasteiger partial charge in [-0.25, -0.2) is 32.0 Å². The summed E-state index contributed by atoms with van der Waals surface area (Å²) in [5.41, 5.74) is -0.626. The first kappa shape index (κ1) is 33.6. The number of halogens is 2. The maximum atomic E-state index is 15.7. The first-order chi connectivity index (χ1) is 22.1. The largest absolute Gasteiger partial charge is 0.497 e. The van der Waals surface area contributed by atoms with E-state index in [0.717, 1.165) is 11.0 Å². The van der Waals surface area contributed by atoms with Crippen molar-refractivity contribution in [2.45, 2.75) is 43.2 Å². The molecule has 0 saturated carbocycles. The Morgan fingerprint density at radius 1 is 0.936 bits per heavy atom. The van der Waals surface area contributed by atoms with Crippen molar-refractivity contribution in [1.82, 2.24) is 15.0 Å². The van der Waals surface area contributed by atoms with E-state index in [-0.39, 0.29) is 33.7 Å². The van der Waals surface area contributed by atoms with Crippen LogP contribution in [0, 0.1) is 11.6 Å². The Morgan fingerprint density at radius 2 is 1.51 bits per heavy atom. The van der Waals surface area contributed by atoms with Gasteiger partial charge in [0.05, 0.1) is 41.9 Å². The lowest BCUT2D eigenvalue weighted by atomic mass is 10.1. The third-order valence-electron chi connectivity index (χ3n) is 7.18. The topological polar surface area (TPSA) is 141 Å². The molecule has 11 nitrogen and oxygen atoms in total. The van der Waals surface area contributed by atoms with E-state index in [9.17, 15) is 17.7 Å². The number of carbonyl (C=O) groups excluding carboxylic acids is 1. The third kappa shape index (κ3) is 7.00. The number of aromatic nitrogens is 3. The van der Waals surface area contributed by atoms with E-state index in [0.29, 0.717) is 22.6 Å². The third-order valence-corrected chi connectivity index (χ3v) is 10.2. The Balaban J connectivity index is 1.72. The van der Waals surface area contributed by atoms with Gasteiger partial charge in [0, 0.05) is 19.2 Å². The number of nitrogens with one attached hydrogen (secondary N) is 1. The lowest BCUT2D eigenvalue weighted by molar-refractivity contribution is 0.0589. The molecule has 15 heteroatoms. The molecule has 0 radical (unpaired) electrons. The van der Waals surface area contributed by atoms with Gasteiger partial charge in [-0.05, 0) is 56.2 Å². The molecule has 0 spiro atoms. The lowest BCUT2D eigenvalue weighted by Gasteiger charge is -2.25. The number of hydrogen-bond acceptors (Lipinski definition) is 9. The first-order valence-corrected chi connectivity index (χ1v) is 17.6. The zero-order valence-electron chi connectivity index (χ0n) is 26.5. The molecule has 47 heavy (non-hydrogen) atoms. The Morgan fingerprint density at radius 3 is 2.06 bits per heavy atom. The molecule has 0 aliphatic carbocycles. The summed E-state index contributed by atoms with van der Waals surface area (Å²) >= 11 is 0. The number of methoxy groups -OCH3 is 2. The average Bonchev–Trinajstić information content (AvgIpc) is 3.41. The molecule has 0 saturated heterocycles. The van der Waals surface area contributed by atoms with Crippen LogP contribution in [0.2, 0.25) is 0 Å². The number of benzene rings is 3. The highest BCUT2D eigenvalue weighted by atomic mass is 32.2. The second kappa shape index (κ2) is 12.8. The van der Waals surface area contributed by atoms with Crippen molar-refractivity contribution in [2.24, 2.45) is 0 Å². The van der Waals surface area contributed by atoms with Crippen molar-refractivity contribution < 1.29 is 40.7 Å². The number of anilines is 1. The van der Waals surface area contributed by atoms with Gasteiger partial charge in [0.1, 0.15) is 22.7 Å². The van der Waals surface area contributed by atoms with Crippen LogP contribution in [-0.4, -0.2) is 65.0 Å². The highest BCUT2D eigenvalue weighted by Crippen LogP contribution is 2.38. The SMILES string of the molecule is COc1ccc(C[Si](=O)c2nc(S(=O)(=O)Cc3ccc(OC)cc3)c3c(n2)[nH]c2c(N(C)C(=O)OC(C)(C)C)cc(F)c(F)c23)cc1. The molecule has 0 unspecified atom stereocenters. The number of ether oxygens (including phenoxy) is 3. The maximum Gasteiger partial charge on any atom is 0.414 e. The molecule has 0 aliphatic heterocycles. The van der Waals surface area contributed by atoms with Crippen LogP contribution in [0.1, 0.15) is 31.9 Å². The minimum atomic E-state index is -4.41. The summed E-state index contributed by atoms with van der Waals surface area (Å²) in [6.45, 7) is 4.94. The first-order valence-electron chi connectivity index (χ1n) is 14.3. The van der Waals surface area contributed by atoms with Gasteiger partial charge in [-0.3, -0.25) is 4.90 Å². The van der Waals surface area contributed by atoms with E-state index in [1.807, 2.05) is 0 Å². The molecule has 5 rings (SSSR count). The van der Waals surface area contributed by atoms with Crippen LogP contribution in [0.15, 0.2) is 59.6 Å². The quantitative estimate of drug-likeness (QED) is 0.165. The minimum absolute atomic E-state index is 0.00597. The van der Waals surface area contributed by atoms with E-state index in [4.69, 9.17) is 14.2 Å². The minimum Gasteiger partial charge on any atom is -0.497 e. The zero-order chi connectivity index (χ0) is 34.3. The van der Waals surface area contributed by atoms with Gasteiger partial charge in [0.15, 0.2) is 22.1 Å². The summed E-state index contributed by atoms with van der Waals surface area (Å²) in [5, 5.41) is -1.46. The smallest absolute Gasteiger partial charge is 0.414 e. The van der Waals surface area contributed by atoms with Crippen LogP contribution < -0.4 is 19.8 Å². The predicted molar refractivity (Wildman–Crippen MR) is 173 cm³/mol. The van der Waals surface area contributed by atoms with Crippen molar-refractivity contribution in [3.63, 3.8) is 0 Å². The van der Waals surface area contributed by atoms with E-state index in [1.165, 1.54) is 21.3 Å². The molecule has 2 heterocycles. The Labute approximate surface area is 271 Å². The highest BCUT2D eigenvalue weighted by Gasteiger charge is 2.32.